The van der Waals surface area contributed by atoms with Gasteiger partial charge in [-0.25, -0.2) is 18.7 Å². The zero-order valence-electron chi connectivity index (χ0n) is 20.9. The van der Waals surface area contributed by atoms with Gasteiger partial charge in [0.05, 0.1) is 26.1 Å². The SMILES string of the molecule is COCCO[C@H]1C(O)[C@@H](COP(=O)(O)OP(=O)(O)OP(=O)(O)O)O[C@H]1n1cnc2c(=O)[nH]c(N)nc21.N.N.N.N. The highest BCUT2D eigenvalue weighted by molar-refractivity contribution is 7.66. The topological polar surface area (TPSA) is 437 Å². The quantitative estimate of drug-likeness (QED) is 0.0967. The first-order chi connectivity index (χ1) is 16.6. The molecule has 24 nitrogen and oxygen atoms in total. The maximum absolute atomic E-state index is 12.1. The number of imidazole rings is 1. The number of nitrogens with zero attached hydrogens (tertiary/aromatic N) is 3. The molecule has 1 saturated heterocycles. The van der Waals surface area contributed by atoms with Gasteiger partial charge in [0.2, 0.25) is 5.95 Å². The normalized spacial score (nSPS) is 23.6. The van der Waals surface area contributed by atoms with Gasteiger partial charge in [-0.2, -0.15) is 13.6 Å². The molecule has 0 aliphatic carbocycles. The number of rotatable bonds is 12. The number of fused-ring (bicyclic) bond motifs is 1. The highest BCUT2D eigenvalue weighted by atomic mass is 31.3. The lowest BCUT2D eigenvalue weighted by Crippen LogP contribution is -2.36. The molecule has 20 N–H and O–H groups in total. The van der Waals surface area contributed by atoms with Gasteiger partial charge in [-0.05, 0) is 0 Å². The molecule has 3 rings (SSSR count). The van der Waals surface area contributed by atoms with Gasteiger partial charge < -0.3 is 69.2 Å². The van der Waals surface area contributed by atoms with Gasteiger partial charge in [0.15, 0.2) is 17.4 Å². The monoisotopic (exact) mass is 649 g/mol. The summed E-state index contributed by atoms with van der Waals surface area (Å²) in [5.74, 6) is -0.242. The average molecular weight is 649 g/mol. The Morgan fingerprint density at radius 3 is 2.27 bits per heavy atom. The van der Waals surface area contributed by atoms with E-state index in [1.807, 2.05) is 0 Å². The number of aromatic amines is 1. The second kappa shape index (κ2) is 15.5. The van der Waals surface area contributed by atoms with Crippen LogP contribution in [0.2, 0.25) is 0 Å². The van der Waals surface area contributed by atoms with Gasteiger partial charge in [-0.15, -0.1) is 0 Å². The van der Waals surface area contributed by atoms with Crippen LogP contribution >= 0.6 is 23.5 Å². The van der Waals surface area contributed by atoms with Crippen molar-refractivity contribution in [1.29, 1.82) is 0 Å². The van der Waals surface area contributed by atoms with Crippen LogP contribution in [0.25, 0.3) is 11.2 Å². The maximum atomic E-state index is 12.1. The Morgan fingerprint density at radius 1 is 1.07 bits per heavy atom. The number of aromatic nitrogens is 4. The van der Waals surface area contributed by atoms with E-state index in [1.165, 1.54) is 11.7 Å². The Bertz CT molecular complexity index is 1290. The minimum atomic E-state index is -5.74. The number of phosphoric acid groups is 3. The van der Waals surface area contributed by atoms with E-state index in [4.69, 9.17) is 29.7 Å². The molecule has 1 aliphatic heterocycles. The molecule has 1 fully saturated rings. The number of H-pyrrole nitrogens is 1. The van der Waals surface area contributed by atoms with Gasteiger partial charge in [-0.1, -0.05) is 0 Å². The number of nitrogens with two attached hydrogens (primary N) is 1. The molecule has 2 aromatic heterocycles. The number of aliphatic hydroxyl groups excluding tert-OH is 1. The first-order valence-electron chi connectivity index (χ1n) is 9.57. The predicted octanol–water partition coefficient (Wildman–Crippen LogP) is -1.02. The molecule has 236 valence electrons. The lowest BCUT2D eigenvalue weighted by atomic mass is 10.1. The van der Waals surface area contributed by atoms with Gasteiger partial charge >= 0.3 is 23.5 Å². The highest BCUT2D eigenvalue weighted by Crippen LogP contribution is 2.66. The van der Waals surface area contributed by atoms with Crippen LogP contribution in [-0.2, 0) is 41.1 Å². The third-order valence-corrected chi connectivity index (χ3v) is 8.26. The summed E-state index contributed by atoms with van der Waals surface area (Å²) in [6, 6.07) is 0. The van der Waals surface area contributed by atoms with Crippen molar-refractivity contribution in [1.82, 2.24) is 44.1 Å². The van der Waals surface area contributed by atoms with E-state index in [0.29, 0.717) is 0 Å². The highest BCUT2D eigenvalue weighted by Gasteiger charge is 2.48. The van der Waals surface area contributed by atoms with E-state index in [9.17, 15) is 33.4 Å². The van der Waals surface area contributed by atoms with Crippen LogP contribution in [0.15, 0.2) is 11.1 Å². The third kappa shape index (κ3) is 10.3. The second-order valence-electron chi connectivity index (χ2n) is 7.05. The summed E-state index contributed by atoms with van der Waals surface area (Å²) >= 11 is 0. The molecule has 40 heavy (non-hydrogen) atoms. The van der Waals surface area contributed by atoms with Crippen molar-refractivity contribution in [3.8, 4) is 0 Å². The Labute approximate surface area is 224 Å². The number of aliphatic hydroxyl groups is 1. The molecule has 0 radical (unpaired) electrons. The Kier molecular flexibility index (Phi) is 15.6. The van der Waals surface area contributed by atoms with Crippen LogP contribution in [0.3, 0.4) is 0 Å². The van der Waals surface area contributed by atoms with Crippen LogP contribution in [0.4, 0.5) is 5.95 Å². The molecule has 1 aliphatic rings. The first-order valence-corrected chi connectivity index (χ1v) is 14.1. The second-order valence-corrected chi connectivity index (χ2v) is 11.5. The first kappa shape index (κ1) is 40.4. The Hall–Kier alpha value is -1.76. The number of nitrogen functional groups attached to an aromatic ring is 1. The van der Waals surface area contributed by atoms with Crippen LogP contribution in [-0.4, -0.2) is 89.4 Å². The maximum Gasteiger partial charge on any atom is 0.490 e. The van der Waals surface area contributed by atoms with Crippen molar-refractivity contribution >= 4 is 40.6 Å². The molecule has 3 heterocycles. The number of anilines is 1. The predicted molar refractivity (Wildman–Crippen MR) is 134 cm³/mol. The molecule has 2 aromatic rings. The molecule has 0 saturated carbocycles. The largest absolute Gasteiger partial charge is 0.490 e. The lowest BCUT2D eigenvalue weighted by molar-refractivity contribution is -0.0784. The number of methoxy groups -OCH3 is 1. The van der Waals surface area contributed by atoms with Crippen LogP contribution < -0.4 is 35.9 Å². The third-order valence-electron chi connectivity index (χ3n) is 4.45. The van der Waals surface area contributed by atoms with Gasteiger partial charge in [0.25, 0.3) is 5.56 Å². The summed E-state index contributed by atoms with van der Waals surface area (Å²) < 4.78 is 63.4. The molecular weight excluding hydrogens is 615 g/mol. The number of hydrogen-bond donors (Lipinski definition) is 11. The fourth-order valence-corrected chi connectivity index (χ4v) is 6.16. The molecule has 6 atom stereocenters. The van der Waals surface area contributed by atoms with E-state index in [1.54, 1.807) is 0 Å². The number of hydrogen-bond acceptors (Lipinski definition) is 18. The van der Waals surface area contributed by atoms with Crippen LogP contribution in [0.1, 0.15) is 6.23 Å². The molecule has 3 unspecified atom stereocenters. The van der Waals surface area contributed by atoms with E-state index in [-0.39, 0.29) is 54.9 Å². The minimum Gasteiger partial charge on any atom is -0.387 e. The van der Waals surface area contributed by atoms with E-state index in [2.05, 4.69) is 28.1 Å². The lowest BCUT2D eigenvalue weighted by Gasteiger charge is -2.22. The fourth-order valence-electron chi connectivity index (χ4n) is 3.13. The summed E-state index contributed by atoms with van der Waals surface area (Å²) in [4.78, 5) is 58.3. The zero-order valence-corrected chi connectivity index (χ0v) is 23.6. The molecule has 0 bridgehead atoms. The molecule has 0 spiro atoms. The summed E-state index contributed by atoms with van der Waals surface area (Å²) in [7, 11) is -15.4. The van der Waals surface area contributed by atoms with Crippen molar-refractivity contribution in [2.45, 2.75) is 24.5 Å². The van der Waals surface area contributed by atoms with E-state index in [0.717, 1.165) is 6.33 Å². The van der Waals surface area contributed by atoms with Gasteiger partial charge in [-0.3, -0.25) is 18.9 Å². The summed E-state index contributed by atoms with van der Waals surface area (Å²) in [5, 5.41) is 10.7. The van der Waals surface area contributed by atoms with Crippen molar-refractivity contribution < 1.29 is 65.7 Å². The molecule has 27 heteroatoms. The molecule has 0 amide bonds. The average Bonchev–Trinajstić information content (AvgIpc) is 3.25. The van der Waals surface area contributed by atoms with E-state index < -0.39 is 60.2 Å². The number of phosphoric ester groups is 1. The molecule has 0 aromatic carbocycles. The van der Waals surface area contributed by atoms with Crippen LogP contribution in [0.5, 0.6) is 0 Å². The van der Waals surface area contributed by atoms with E-state index >= 15 is 0 Å². The van der Waals surface area contributed by atoms with Gasteiger partial charge in [0, 0.05) is 7.11 Å². The van der Waals surface area contributed by atoms with Crippen molar-refractivity contribution in [3.63, 3.8) is 0 Å². The number of ether oxygens (including phenoxy) is 3. The van der Waals surface area contributed by atoms with Crippen molar-refractivity contribution in [2.75, 3.05) is 32.7 Å². The Balaban J connectivity index is 0. The van der Waals surface area contributed by atoms with Crippen molar-refractivity contribution in [2.24, 2.45) is 0 Å². The summed E-state index contributed by atoms with van der Waals surface area (Å²) in [6.07, 6.45) is -4.28. The van der Waals surface area contributed by atoms with Crippen LogP contribution in [0, 0.1) is 0 Å². The van der Waals surface area contributed by atoms with Gasteiger partial charge in [0.1, 0.15) is 18.3 Å². The molecular formula is C13H34N9O15P3. The summed E-state index contributed by atoms with van der Waals surface area (Å²) in [6.45, 7) is -0.880. The Morgan fingerprint density at radius 2 is 1.70 bits per heavy atom. The fraction of sp³-hybridized carbons (Fsp3) is 0.615. The summed E-state index contributed by atoms with van der Waals surface area (Å²) in [5.41, 5.74) is 4.77. The smallest absolute Gasteiger partial charge is 0.387 e. The number of nitrogens with one attached hydrogen (secondary N) is 1. The minimum absolute atomic E-state index is 0. The van der Waals surface area contributed by atoms with Crippen molar-refractivity contribution in [3.05, 3.63) is 16.7 Å². The standard InChI is InChI=1S/C13H22N5O15P3.4H3N/c1-28-2-3-29-9-8(19)6(4-30-35(24,25)33-36(26,27)32-34(21,22)23)31-12(9)18-5-15-7-10(18)16-13(14)17-11(7)20;;;;/h5-6,8-9,12,19H,2-4H2,1H3,(H,24,25)(H,26,27)(H2,21,22,23)(H3,14,16,17,20);4*1H3/t6-,8?,9+,12-;;;;/m1..../s1. The zero-order chi connectivity index (χ0) is 26.9.